The molecule has 1 aromatic rings. The molecule has 1 aliphatic heterocycles. The number of benzene rings is 1. The van der Waals surface area contributed by atoms with Crippen LogP contribution in [0.3, 0.4) is 0 Å². The summed E-state index contributed by atoms with van der Waals surface area (Å²) >= 11 is 0. The Morgan fingerprint density at radius 2 is 1.80 bits per heavy atom. The maximum atomic E-state index is 12.4. The summed E-state index contributed by atoms with van der Waals surface area (Å²) in [7, 11) is 0. The molecule has 1 aliphatic rings. The average Bonchev–Trinajstić information content (AvgIpc) is 2.69. The van der Waals surface area contributed by atoms with Crippen LogP contribution < -0.4 is 5.32 Å². The normalized spacial score (nSPS) is 21.7. The van der Waals surface area contributed by atoms with Gasteiger partial charge in [-0.1, -0.05) is 44.2 Å². The fraction of sp³-hybridized carbons (Fsp3) is 0.667. The van der Waals surface area contributed by atoms with Gasteiger partial charge in [-0.05, 0) is 58.4 Å². The molecule has 0 spiro atoms. The summed E-state index contributed by atoms with van der Waals surface area (Å²) in [6.45, 7) is 10.8. The molecule has 30 heavy (non-hydrogen) atoms. The Morgan fingerprint density at radius 3 is 2.37 bits per heavy atom. The van der Waals surface area contributed by atoms with E-state index in [0.29, 0.717) is 6.42 Å². The SMILES string of the molecule is CCC1(CC)CC(NC(=O)CCCC(=O)O)CC(C)(C)N1OC(C)c1ccccc1. The van der Waals surface area contributed by atoms with Crippen LogP contribution >= 0.6 is 0 Å². The molecule has 2 unspecified atom stereocenters. The van der Waals surface area contributed by atoms with Gasteiger partial charge in [0.05, 0.1) is 0 Å². The Bertz CT molecular complexity index is 700. The molecule has 0 aromatic heterocycles. The van der Waals surface area contributed by atoms with Crippen molar-refractivity contribution in [2.75, 3.05) is 0 Å². The molecule has 2 rings (SSSR count). The summed E-state index contributed by atoms with van der Waals surface area (Å²) in [6, 6.07) is 10.3. The highest BCUT2D eigenvalue weighted by atomic mass is 16.7. The van der Waals surface area contributed by atoms with E-state index in [1.54, 1.807) is 0 Å². The first kappa shape index (κ1) is 24.4. The van der Waals surface area contributed by atoms with Crippen molar-refractivity contribution in [2.24, 2.45) is 0 Å². The lowest BCUT2D eigenvalue weighted by Gasteiger charge is -2.57. The predicted molar refractivity (Wildman–Crippen MR) is 118 cm³/mol. The minimum Gasteiger partial charge on any atom is -0.481 e. The standard InChI is InChI=1S/C24H38N2O4/c1-6-24(7-2)17-20(25-21(27)14-11-15-22(28)29)16-23(4,5)26(24)30-18(3)19-12-9-8-10-13-19/h8-10,12-13,18,20H,6-7,11,14-17H2,1-5H3,(H,25,27)(H,28,29). The molecule has 1 aromatic carbocycles. The fourth-order valence-electron chi connectivity index (χ4n) is 4.77. The third-order valence-electron chi connectivity index (χ3n) is 6.36. The molecule has 1 heterocycles. The van der Waals surface area contributed by atoms with Crippen LogP contribution in [0.2, 0.25) is 0 Å². The largest absolute Gasteiger partial charge is 0.481 e. The third kappa shape index (κ3) is 6.05. The topological polar surface area (TPSA) is 78.9 Å². The smallest absolute Gasteiger partial charge is 0.303 e. The summed E-state index contributed by atoms with van der Waals surface area (Å²) in [6.07, 6.45) is 4.00. The van der Waals surface area contributed by atoms with Crippen LogP contribution in [0, 0.1) is 0 Å². The third-order valence-corrected chi connectivity index (χ3v) is 6.36. The van der Waals surface area contributed by atoms with Crippen molar-refractivity contribution in [3.63, 3.8) is 0 Å². The van der Waals surface area contributed by atoms with Gasteiger partial charge >= 0.3 is 5.97 Å². The molecule has 6 nitrogen and oxygen atoms in total. The summed E-state index contributed by atoms with van der Waals surface area (Å²) in [4.78, 5) is 29.7. The van der Waals surface area contributed by atoms with E-state index < -0.39 is 5.97 Å². The van der Waals surface area contributed by atoms with Crippen LogP contribution in [0.1, 0.15) is 91.2 Å². The predicted octanol–water partition coefficient (Wildman–Crippen LogP) is 4.85. The molecule has 0 bridgehead atoms. The molecule has 168 valence electrons. The molecule has 0 aliphatic carbocycles. The fourth-order valence-corrected chi connectivity index (χ4v) is 4.77. The van der Waals surface area contributed by atoms with Crippen LogP contribution in [-0.4, -0.2) is 39.2 Å². The van der Waals surface area contributed by atoms with E-state index >= 15 is 0 Å². The Hall–Kier alpha value is -1.92. The number of nitrogens with one attached hydrogen (secondary N) is 1. The van der Waals surface area contributed by atoms with Gasteiger partial charge in [-0.2, -0.15) is 5.06 Å². The molecule has 2 atom stereocenters. The van der Waals surface area contributed by atoms with Gasteiger partial charge in [-0.25, -0.2) is 0 Å². The van der Waals surface area contributed by atoms with Crippen molar-refractivity contribution < 1.29 is 19.5 Å². The number of carboxylic acid groups (broad SMARTS) is 1. The quantitative estimate of drug-likeness (QED) is 0.568. The highest BCUT2D eigenvalue weighted by Crippen LogP contribution is 2.44. The monoisotopic (exact) mass is 418 g/mol. The zero-order valence-corrected chi connectivity index (χ0v) is 19.1. The van der Waals surface area contributed by atoms with E-state index in [4.69, 9.17) is 9.94 Å². The van der Waals surface area contributed by atoms with E-state index in [9.17, 15) is 9.59 Å². The van der Waals surface area contributed by atoms with Crippen LogP contribution in [0.5, 0.6) is 0 Å². The molecule has 1 fully saturated rings. The van der Waals surface area contributed by atoms with E-state index in [1.807, 2.05) is 18.2 Å². The van der Waals surface area contributed by atoms with Crippen molar-refractivity contribution in [1.82, 2.24) is 10.4 Å². The number of hydrogen-bond donors (Lipinski definition) is 2. The number of carbonyl (C=O) groups excluding carboxylic acids is 1. The second-order valence-corrected chi connectivity index (χ2v) is 9.12. The second kappa shape index (κ2) is 10.4. The molecule has 1 amide bonds. The lowest BCUT2D eigenvalue weighted by molar-refractivity contribution is -0.316. The number of hydroxylamine groups is 2. The second-order valence-electron chi connectivity index (χ2n) is 9.12. The minimum atomic E-state index is -0.863. The number of aliphatic carboxylic acids is 1. The molecule has 6 heteroatoms. The van der Waals surface area contributed by atoms with Gasteiger partial charge < -0.3 is 10.4 Å². The first-order chi connectivity index (χ1) is 14.1. The van der Waals surface area contributed by atoms with Crippen molar-refractivity contribution in [1.29, 1.82) is 0 Å². The lowest BCUT2D eigenvalue weighted by Crippen LogP contribution is -2.66. The zero-order valence-electron chi connectivity index (χ0n) is 19.1. The Kier molecular flexibility index (Phi) is 8.44. The molecule has 1 saturated heterocycles. The van der Waals surface area contributed by atoms with Gasteiger partial charge in [0, 0.05) is 30.0 Å². The van der Waals surface area contributed by atoms with Crippen LogP contribution in [0.4, 0.5) is 0 Å². The first-order valence-electron chi connectivity index (χ1n) is 11.2. The van der Waals surface area contributed by atoms with Gasteiger partial charge in [0.25, 0.3) is 0 Å². The summed E-state index contributed by atoms with van der Waals surface area (Å²) in [5.41, 5.74) is 0.708. The Labute approximate surface area is 180 Å². The lowest BCUT2D eigenvalue weighted by atomic mass is 9.74. The van der Waals surface area contributed by atoms with Crippen molar-refractivity contribution >= 4 is 11.9 Å². The molecule has 0 radical (unpaired) electrons. The number of amides is 1. The Balaban J connectivity index is 2.13. The molecular weight excluding hydrogens is 380 g/mol. The van der Waals surface area contributed by atoms with Gasteiger partial charge in [-0.3, -0.25) is 14.4 Å². The number of hydrogen-bond acceptors (Lipinski definition) is 4. The van der Waals surface area contributed by atoms with Gasteiger partial charge in [-0.15, -0.1) is 0 Å². The van der Waals surface area contributed by atoms with Crippen LogP contribution in [0.25, 0.3) is 0 Å². The molecule has 0 saturated carbocycles. The van der Waals surface area contributed by atoms with E-state index in [1.165, 1.54) is 0 Å². The van der Waals surface area contributed by atoms with E-state index in [2.05, 4.69) is 57.1 Å². The minimum absolute atomic E-state index is 0.0242. The van der Waals surface area contributed by atoms with Crippen molar-refractivity contribution in [3.8, 4) is 0 Å². The highest BCUT2D eigenvalue weighted by Gasteiger charge is 2.50. The summed E-state index contributed by atoms with van der Waals surface area (Å²) in [5.74, 6) is -0.928. The number of piperidine rings is 1. The molecular formula is C24H38N2O4. The number of carbonyl (C=O) groups is 2. The van der Waals surface area contributed by atoms with Gasteiger partial charge in [0.15, 0.2) is 0 Å². The molecule has 2 N–H and O–H groups in total. The van der Waals surface area contributed by atoms with Gasteiger partial charge in [0.2, 0.25) is 5.91 Å². The number of rotatable bonds is 10. The maximum Gasteiger partial charge on any atom is 0.303 e. The summed E-state index contributed by atoms with van der Waals surface area (Å²) < 4.78 is 0. The number of carboxylic acids is 1. The van der Waals surface area contributed by atoms with E-state index in [0.717, 1.165) is 31.2 Å². The van der Waals surface area contributed by atoms with Crippen LogP contribution in [-0.2, 0) is 14.4 Å². The van der Waals surface area contributed by atoms with Crippen LogP contribution in [0.15, 0.2) is 30.3 Å². The Morgan fingerprint density at radius 1 is 1.17 bits per heavy atom. The van der Waals surface area contributed by atoms with E-state index in [-0.39, 0.29) is 42.0 Å². The van der Waals surface area contributed by atoms with Gasteiger partial charge in [0.1, 0.15) is 6.10 Å². The number of nitrogens with zero attached hydrogens (tertiary/aromatic N) is 1. The van der Waals surface area contributed by atoms with Crippen molar-refractivity contribution in [2.45, 2.75) is 103 Å². The zero-order chi connectivity index (χ0) is 22.4. The average molecular weight is 419 g/mol. The highest BCUT2D eigenvalue weighted by molar-refractivity contribution is 5.77. The summed E-state index contributed by atoms with van der Waals surface area (Å²) in [5, 5.41) is 14.1. The van der Waals surface area contributed by atoms with Crippen molar-refractivity contribution in [3.05, 3.63) is 35.9 Å². The maximum absolute atomic E-state index is 12.4. The first-order valence-corrected chi connectivity index (χ1v) is 11.2.